The zero-order valence-corrected chi connectivity index (χ0v) is 11.3. The number of hydrogen-bond donors (Lipinski definition) is 0. The zero-order chi connectivity index (χ0) is 10.8. The predicted octanol–water partition coefficient (Wildman–Crippen LogP) is 4.24. The molecule has 0 atom stereocenters. The minimum Gasteiger partial charge on any atom is -0.288 e. The Morgan fingerprint density at radius 3 is 2.73 bits per heavy atom. The molecular formula is C11H6ClIOS. The van der Waals surface area contributed by atoms with E-state index in [9.17, 15) is 4.79 Å². The molecule has 1 aromatic heterocycles. The maximum Gasteiger partial charge on any atom is 0.202 e. The maximum atomic E-state index is 11.9. The van der Waals surface area contributed by atoms with Crippen molar-refractivity contribution < 1.29 is 4.79 Å². The Hall–Kier alpha value is -0.390. The van der Waals surface area contributed by atoms with Crippen molar-refractivity contribution in [2.45, 2.75) is 0 Å². The Labute approximate surface area is 110 Å². The van der Waals surface area contributed by atoms with E-state index in [1.54, 1.807) is 12.1 Å². The van der Waals surface area contributed by atoms with Gasteiger partial charge in [0.25, 0.3) is 0 Å². The number of thiophene rings is 1. The molecule has 76 valence electrons. The highest BCUT2D eigenvalue weighted by molar-refractivity contribution is 14.1. The molecule has 0 aliphatic carbocycles. The van der Waals surface area contributed by atoms with E-state index in [4.69, 9.17) is 11.6 Å². The van der Waals surface area contributed by atoms with Crippen molar-refractivity contribution in [1.29, 1.82) is 0 Å². The minimum absolute atomic E-state index is 0.0308. The third-order valence-electron chi connectivity index (χ3n) is 1.93. The van der Waals surface area contributed by atoms with E-state index >= 15 is 0 Å². The van der Waals surface area contributed by atoms with Gasteiger partial charge < -0.3 is 0 Å². The summed E-state index contributed by atoms with van der Waals surface area (Å²) in [5.41, 5.74) is 0.642. The van der Waals surface area contributed by atoms with E-state index in [-0.39, 0.29) is 5.78 Å². The van der Waals surface area contributed by atoms with Crippen LogP contribution < -0.4 is 0 Å². The Morgan fingerprint density at radius 2 is 2.13 bits per heavy atom. The molecule has 0 N–H and O–H groups in total. The molecule has 0 aliphatic heterocycles. The highest BCUT2D eigenvalue weighted by atomic mass is 127. The summed E-state index contributed by atoms with van der Waals surface area (Å²) in [6.45, 7) is 0. The molecule has 1 aromatic carbocycles. The van der Waals surface area contributed by atoms with Gasteiger partial charge >= 0.3 is 0 Å². The summed E-state index contributed by atoms with van der Waals surface area (Å²) in [5, 5.41) is 2.51. The van der Waals surface area contributed by atoms with Gasteiger partial charge in [-0.25, -0.2) is 0 Å². The van der Waals surface area contributed by atoms with Crippen LogP contribution in [-0.2, 0) is 0 Å². The van der Waals surface area contributed by atoms with Crippen molar-refractivity contribution in [3.8, 4) is 0 Å². The molecule has 15 heavy (non-hydrogen) atoms. The molecular weight excluding hydrogens is 343 g/mol. The number of rotatable bonds is 2. The van der Waals surface area contributed by atoms with Gasteiger partial charge in [0.1, 0.15) is 0 Å². The largest absolute Gasteiger partial charge is 0.288 e. The lowest BCUT2D eigenvalue weighted by Gasteiger charge is -2.00. The van der Waals surface area contributed by atoms with Gasteiger partial charge in [-0.1, -0.05) is 17.7 Å². The van der Waals surface area contributed by atoms with Gasteiger partial charge in [-0.05, 0) is 52.2 Å². The third-order valence-corrected chi connectivity index (χ3v) is 4.37. The summed E-state index contributed by atoms with van der Waals surface area (Å²) in [6, 6.07) is 9.05. The summed E-state index contributed by atoms with van der Waals surface area (Å²) in [4.78, 5) is 12.7. The topological polar surface area (TPSA) is 17.1 Å². The van der Waals surface area contributed by atoms with E-state index in [0.29, 0.717) is 10.6 Å². The van der Waals surface area contributed by atoms with Crippen LogP contribution in [-0.4, -0.2) is 5.78 Å². The monoisotopic (exact) mass is 348 g/mol. The highest BCUT2D eigenvalue weighted by Crippen LogP contribution is 2.22. The van der Waals surface area contributed by atoms with Crippen LogP contribution in [0.15, 0.2) is 35.7 Å². The quantitative estimate of drug-likeness (QED) is 0.586. The minimum atomic E-state index is 0.0308. The second-order valence-electron chi connectivity index (χ2n) is 2.94. The Balaban J connectivity index is 2.39. The summed E-state index contributed by atoms with van der Waals surface area (Å²) >= 11 is 9.54. The molecule has 0 fully saturated rings. The Bertz CT molecular complexity index is 493. The van der Waals surface area contributed by atoms with E-state index < -0.39 is 0 Å². The second-order valence-corrected chi connectivity index (χ2v) is 5.45. The third kappa shape index (κ3) is 2.41. The Morgan fingerprint density at radius 1 is 1.33 bits per heavy atom. The van der Waals surface area contributed by atoms with Crippen LogP contribution in [0.5, 0.6) is 0 Å². The number of carbonyl (C=O) groups is 1. The SMILES string of the molecule is O=C(c1ccc(I)c(Cl)c1)c1cccs1. The van der Waals surface area contributed by atoms with Crippen LogP contribution in [0.3, 0.4) is 0 Å². The van der Waals surface area contributed by atoms with Gasteiger partial charge in [0.15, 0.2) is 0 Å². The molecule has 0 bridgehead atoms. The Kier molecular flexibility index (Phi) is 3.43. The molecule has 2 rings (SSSR count). The summed E-state index contributed by atoms with van der Waals surface area (Å²) < 4.78 is 0.956. The molecule has 0 saturated carbocycles. The van der Waals surface area contributed by atoms with Crippen molar-refractivity contribution in [3.05, 3.63) is 54.7 Å². The fraction of sp³-hybridized carbons (Fsp3) is 0. The van der Waals surface area contributed by atoms with Gasteiger partial charge in [-0.3, -0.25) is 4.79 Å². The first kappa shape index (κ1) is 11.1. The van der Waals surface area contributed by atoms with Gasteiger partial charge in [0.05, 0.1) is 9.90 Å². The number of benzene rings is 1. The lowest BCUT2D eigenvalue weighted by molar-refractivity contribution is 0.104. The van der Waals surface area contributed by atoms with Crippen molar-refractivity contribution >= 4 is 51.3 Å². The first-order valence-electron chi connectivity index (χ1n) is 4.22. The fourth-order valence-corrected chi connectivity index (χ4v) is 2.39. The number of carbonyl (C=O) groups excluding carboxylic acids is 1. The average Bonchev–Trinajstić information content (AvgIpc) is 2.74. The number of hydrogen-bond acceptors (Lipinski definition) is 2. The van der Waals surface area contributed by atoms with Crippen LogP contribution in [0, 0.1) is 3.57 Å². The summed E-state index contributed by atoms with van der Waals surface area (Å²) in [7, 11) is 0. The molecule has 1 nitrogen and oxygen atoms in total. The van der Waals surface area contributed by atoms with Crippen molar-refractivity contribution in [2.75, 3.05) is 0 Å². The standard InChI is InChI=1S/C11H6ClIOS/c12-8-6-7(3-4-9(8)13)11(14)10-2-1-5-15-10/h1-6H. The van der Waals surface area contributed by atoms with E-state index in [1.807, 2.05) is 23.6 Å². The van der Waals surface area contributed by atoms with Crippen molar-refractivity contribution in [1.82, 2.24) is 0 Å². The molecule has 0 spiro atoms. The second kappa shape index (κ2) is 4.63. The molecule has 4 heteroatoms. The van der Waals surface area contributed by atoms with Crippen LogP contribution in [0.25, 0.3) is 0 Å². The molecule has 0 radical (unpaired) electrons. The smallest absolute Gasteiger partial charge is 0.202 e. The van der Waals surface area contributed by atoms with E-state index in [2.05, 4.69) is 22.6 Å². The summed E-state index contributed by atoms with van der Waals surface area (Å²) in [6.07, 6.45) is 0. The molecule has 0 saturated heterocycles. The fourth-order valence-electron chi connectivity index (χ4n) is 1.19. The van der Waals surface area contributed by atoms with Gasteiger partial charge in [-0.2, -0.15) is 0 Å². The van der Waals surface area contributed by atoms with Crippen LogP contribution >= 0.6 is 45.5 Å². The lowest BCUT2D eigenvalue weighted by atomic mass is 10.1. The molecule has 1 heterocycles. The van der Waals surface area contributed by atoms with Crippen LogP contribution in [0.4, 0.5) is 0 Å². The maximum absolute atomic E-state index is 11.9. The first-order valence-corrected chi connectivity index (χ1v) is 6.55. The van der Waals surface area contributed by atoms with Crippen LogP contribution in [0.1, 0.15) is 15.2 Å². The van der Waals surface area contributed by atoms with Gasteiger partial charge in [0.2, 0.25) is 5.78 Å². The average molecular weight is 349 g/mol. The number of halogens is 2. The van der Waals surface area contributed by atoms with Crippen molar-refractivity contribution in [3.63, 3.8) is 0 Å². The molecule has 0 amide bonds. The lowest BCUT2D eigenvalue weighted by Crippen LogP contribution is -1.98. The molecule has 0 aliphatic rings. The predicted molar refractivity (Wildman–Crippen MR) is 71.9 cm³/mol. The molecule has 2 aromatic rings. The first-order chi connectivity index (χ1) is 7.18. The molecule has 0 unspecified atom stereocenters. The van der Waals surface area contributed by atoms with Crippen LogP contribution in [0.2, 0.25) is 5.02 Å². The van der Waals surface area contributed by atoms with Crippen molar-refractivity contribution in [2.24, 2.45) is 0 Å². The van der Waals surface area contributed by atoms with E-state index in [0.717, 1.165) is 8.45 Å². The summed E-state index contributed by atoms with van der Waals surface area (Å²) in [5.74, 6) is 0.0308. The van der Waals surface area contributed by atoms with Gasteiger partial charge in [-0.15, -0.1) is 11.3 Å². The zero-order valence-electron chi connectivity index (χ0n) is 7.54. The van der Waals surface area contributed by atoms with E-state index in [1.165, 1.54) is 11.3 Å². The highest BCUT2D eigenvalue weighted by Gasteiger charge is 2.10. The van der Waals surface area contributed by atoms with Gasteiger partial charge in [0, 0.05) is 9.13 Å². The normalized spacial score (nSPS) is 10.3. The number of ketones is 1.